The van der Waals surface area contributed by atoms with Crippen LogP contribution in [0.3, 0.4) is 0 Å². The lowest BCUT2D eigenvalue weighted by Gasteiger charge is -2.13. The topological polar surface area (TPSA) is 23.9 Å². The highest BCUT2D eigenvalue weighted by atomic mass is 35.5. The third kappa shape index (κ3) is 0.807. The average molecular weight is 156 g/mol. The van der Waals surface area contributed by atoms with E-state index in [0.29, 0.717) is 17.0 Å². The Morgan fingerprint density at radius 2 is 2.20 bits per heavy atom. The second-order valence-corrected chi connectivity index (χ2v) is 3.64. The van der Waals surface area contributed by atoms with Gasteiger partial charge in [-0.25, -0.2) is 0 Å². The molecule has 0 heterocycles. The van der Waals surface area contributed by atoms with Crippen LogP contribution in [0.2, 0.25) is 0 Å². The number of allylic oxidation sites excluding steroid dienone is 2. The van der Waals surface area contributed by atoms with Crippen LogP contribution in [0.5, 0.6) is 0 Å². The molecular weight excluding hydrogens is 146 g/mol. The molecule has 0 saturated heterocycles. The predicted octanol–water partition coefficient (Wildman–Crippen LogP) is 2.41. The van der Waals surface area contributed by atoms with E-state index in [1.165, 1.54) is 6.42 Å². The summed E-state index contributed by atoms with van der Waals surface area (Å²) in [4.78, 5) is 0. The third-order valence-corrected chi connectivity index (χ3v) is 2.88. The Morgan fingerprint density at radius 1 is 1.40 bits per heavy atom. The standard InChI is InChI=1S/C8H10ClN/c9-8(10)7-4-5-1-2-6(7)3-5/h1-2,5-7,10H,3-4H2. The minimum absolute atomic E-state index is 0.358. The van der Waals surface area contributed by atoms with Gasteiger partial charge in [-0.1, -0.05) is 23.8 Å². The fraction of sp³-hybridized carbons (Fsp3) is 0.625. The third-order valence-electron chi connectivity index (χ3n) is 2.60. The van der Waals surface area contributed by atoms with Gasteiger partial charge < -0.3 is 0 Å². The predicted molar refractivity (Wildman–Crippen MR) is 42.4 cm³/mol. The largest absolute Gasteiger partial charge is 0.293 e. The Hall–Kier alpha value is -0.300. The maximum absolute atomic E-state index is 7.28. The number of hydrogen-bond acceptors (Lipinski definition) is 1. The van der Waals surface area contributed by atoms with Gasteiger partial charge in [0.25, 0.3) is 0 Å². The van der Waals surface area contributed by atoms with Gasteiger partial charge in [0.2, 0.25) is 0 Å². The first kappa shape index (κ1) is 6.41. The SMILES string of the molecule is N=C(Cl)C1CC2C=CC1C2. The molecule has 10 heavy (non-hydrogen) atoms. The normalized spacial score (nSPS) is 42.7. The van der Waals surface area contributed by atoms with Gasteiger partial charge in [0.15, 0.2) is 0 Å². The Bertz CT molecular complexity index is 197. The molecule has 1 fully saturated rings. The molecule has 0 radical (unpaired) electrons. The minimum Gasteiger partial charge on any atom is -0.293 e. The van der Waals surface area contributed by atoms with Crippen LogP contribution in [0.25, 0.3) is 0 Å². The van der Waals surface area contributed by atoms with E-state index < -0.39 is 0 Å². The lowest BCUT2D eigenvalue weighted by molar-refractivity contribution is 0.588. The number of fused-ring (bicyclic) bond motifs is 2. The molecule has 1 nitrogen and oxygen atoms in total. The van der Waals surface area contributed by atoms with E-state index in [1.54, 1.807) is 0 Å². The summed E-state index contributed by atoms with van der Waals surface area (Å²) in [6.07, 6.45) is 6.83. The monoisotopic (exact) mass is 155 g/mol. The summed E-state index contributed by atoms with van der Waals surface area (Å²) in [6, 6.07) is 0. The fourth-order valence-corrected chi connectivity index (χ4v) is 2.32. The summed E-state index contributed by atoms with van der Waals surface area (Å²) < 4.78 is 0. The van der Waals surface area contributed by atoms with Crippen LogP contribution in [-0.2, 0) is 0 Å². The van der Waals surface area contributed by atoms with Crippen molar-refractivity contribution < 1.29 is 0 Å². The maximum Gasteiger partial charge on any atom is 0.101 e. The van der Waals surface area contributed by atoms with Crippen LogP contribution < -0.4 is 0 Å². The Morgan fingerprint density at radius 3 is 2.50 bits per heavy atom. The summed E-state index contributed by atoms with van der Waals surface area (Å²) in [6.45, 7) is 0. The second-order valence-electron chi connectivity index (χ2n) is 3.23. The molecule has 3 unspecified atom stereocenters. The van der Waals surface area contributed by atoms with Crippen LogP contribution in [0.4, 0.5) is 0 Å². The van der Waals surface area contributed by atoms with Gasteiger partial charge in [0.1, 0.15) is 5.17 Å². The molecule has 2 rings (SSSR count). The van der Waals surface area contributed by atoms with E-state index in [1.807, 2.05) is 0 Å². The smallest absolute Gasteiger partial charge is 0.101 e. The molecule has 0 aromatic rings. The number of nitrogens with one attached hydrogen (secondary N) is 1. The van der Waals surface area contributed by atoms with Crippen LogP contribution in [0, 0.1) is 23.2 Å². The Labute approximate surface area is 65.6 Å². The molecule has 2 bridgehead atoms. The summed E-state index contributed by atoms with van der Waals surface area (Å²) in [5.74, 6) is 1.68. The first-order valence-electron chi connectivity index (χ1n) is 3.69. The minimum atomic E-state index is 0.358. The van der Waals surface area contributed by atoms with E-state index in [0.717, 1.165) is 12.3 Å². The zero-order valence-corrected chi connectivity index (χ0v) is 6.43. The average Bonchev–Trinajstić information content (AvgIpc) is 2.44. The van der Waals surface area contributed by atoms with Gasteiger partial charge >= 0.3 is 0 Å². The Balaban J connectivity index is 2.16. The molecule has 54 valence electrons. The van der Waals surface area contributed by atoms with Gasteiger partial charge in [0.05, 0.1) is 0 Å². The van der Waals surface area contributed by atoms with Crippen molar-refractivity contribution in [3.05, 3.63) is 12.2 Å². The quantitative estimate of drug-likeness (QED) is 0.444. The zero-order valence-electron chi connectivity index (χ0n) is 5.68. The van der Waals surface area contributed by atoms with E-state index in [2.05, 4.69) is 12.2 Å². The van der Waals surface area contributed by atoms with E-state index in [-0.39, 0.29) is 0 Å². The number of rotatable bonds is 1. The summed E-state index contributed by atoms with van der Waals surface area (Å²) in [5.41, 5.74) is 0. The van der Waals surface area contributed by atoms with Crippen LogP contribution in [0.15, 0.2) is 12.2 Å². The van der Waals surface area contributed by atoms with Gasteiger partial charge in [-0.05, 0) is 24.7 Å². The molecule has 1 N–H and O–H groups in total. The van der Waals surface area contributed by atoms with Crippen molar-refractivity contribution in [1.29, 1.82) is 5.41 Å². The van der Waals surface area contributed by atoms with Gasteiger partial charge in [-0.2, -0.15) is 0 Å². The van der Waals surface area contributed by atoms with E-state index in [9.17, 15) is 0 Å². The van der Waals surface area contributed by atoms with Crippen LogP contribution in [-0.4, -0.2) is 5.17 Å². The van der Waals surface area contributed by atoms with E-state index in [4.69, 9.17) is 17.0 Å². The van der Waals surface area contributed by atoms with E-state index >= 15 is 0 Å². The van der Waals surface area contributed by atoms with Crippen molar-refractivity contribution in [2.75, 3.05) is 0 Å². The molecule has 1 saturated carbocycles. The van der Waals surface area contributed by atoms with Crippen molar-refractivity contribution in [2.24, 2.45) is 17.8 Å². The van der Waals surface area contributed by atoms with Crippen molar-refractivity contribution in [1.82, 2.24) is 0 Å². The van der Waals surface area contributed by atoms with Gasteiger partial charge in [0, 0.05) is 5.92 Å². The lowest BCUT2D eigenvalue weighted by Crippen LogP contribution is -2.12. The highest BCUT2D eigenvalue weighted by Crippen LogP contribution is 2.44. The summed E-state index contributed by atoms with van der Waals surface area (Å²) in [5, 5.41) is 7.64. The zero-order chi connectivity index (χ0) is 7.14. The first-order chi connectivity index (χ1) is 4.77. The van der Waals surface area contributed by atoms with Gasteiger partial charge in [-0.3, -0.25) is 5.41 Å². The van der Waals surface area contributed by atoms with Crippen molar-refractivity contribution in [3.8, 4) is 0 Å². The Kier molecular flexibility index (Phi) is 1.34. The fourth-order valence-electron chi connectivity index (χ4n) is 2.07. The molecule has 3 atom stereocenters. The molecule has 0 aromatic carbocycles. The highest BCUT2D eigenvalue weighted by molar-refractivity contribution is 6.65. The first-order valence-corrected chi connectivity index (χ1v) is 4.07. The second kappa shape index (κ2) is 2.09. The summed E-state index contributed by atoms with van der Waals surface area (Å²) >= 11 is 5.63. The molecule has 2 aliphatic rings. The van der Waals surface area contributed by atoms with Crippen molar-refractivity contribution in [3.63, 3.8) is 0 Å². The molecule has 2 heteroatoms. The van der Waals surface area contributed by atoms with Crippen LogP contribution >= 0.6 is 11.6 Å². The van der Waals surface area contributed by atoms with Crippen LogP contribution in [0.1, 0.15) is 12.8 Å². The lowest BCUT2D eigenvalue weighted by atomic mass is 9.95. The van der Waals surface area contributed by atoms with Gasteiger partial charge in [-0.15, -0.1) is 0 Å². The maximum atomic E-state index is 7.28. The highest BCUT2D eigenvalue weighted by Gasteiger charge is 2.37. The number of hydrogen-bond donors (Lipinski definition) is 1. The summed E-state index contributed by atoms with van der Waals surface area (Å²) in [7, 11) is 0. The molecule has 0 aliphatic heterocycles. The molecular formula is C8H10ClN. The molecule has 0 amide bonds. The molecule has 0 aromatic heterocycles. The molecule has 0 spiro atoms. The van der Waals surface area contributed by atoms with Crippen molar-refractivity contribution in [2.45, 2.75) is 12.8 Å². The number of halogens is 1. The molecule has 2 aliphatic carbocycles. The van der Waals surface area contributed by atoms with Crippen molar-refractivity contribution >= 4 is 16.8 Å².